The SMILES string of the molecule is CCC(OC(CC)[Si](CC)(CC)OC)OC1(CC)OCCCO1. The molecule has 2 unspecified atom stereocenters. The van der Waals surface area contributed by atoms with Crippen LogP contribution < -0.4 is 0 Å². The molecule has 0 bridgehead atoms. The van der Waals surface area contributed by atoms with Crippen LogP contribution >= 0.6 is 0 Å². The zero-order valence-electron chi connectivity index (χ0n) is 15.9. The van der Waals surface area contributed by atoms with Gasteiger partial charge in [-0.15, -0.1) is 0 Å². The van der Waals surface area contributed by atoms with Crippen molar-refractivity contribution >= 4 is 8.32 Å². The first kappa shape index (κ1) is 21.1. The second kappa shape index (κ2) is 10.1. The second-order valence-electron chi connectivity index (χ2n) is 6.05. The first-order chi connectivity index (χ1) is 11.0. The van der Waals surface area contributed by atoms with Gasteiger partial charge in [0, 0.05) is 13.5 Å². The third-order valence-electron chi connectivity index (χ3n) is 4.89. The van der Waals surface area contributed by atoms with E-state index >= 15 is 0 Å². The van der Waals surface area contributed by atoms with Crippen LogP contribution in [0.25, 0.3) is 0 Å². The Morgan fingerprint density at radius 3 is 2.00 bits per heavy atom. The van der Waals surface area contributed by atoms with Gasteiger partial charge in [-0.25, -0.2) is 0 Å². The third kappa shape index (κ3) is 5.24. The van der Waals surface area contributed by atoms with E-state index in [2.05, 4.69) is 27.7 Å². The molecule has 1 fully saturated rings. The molecule has 0 amide bonds. The smallest absolute Gasteiger partial charge is 0.284 e. The highest BCUT2D eigenvalue weighted by atomic mass is 28.4. The maximum Gasteiger partial charge on any atom is 0.284 e. The van der Waals surface area contributed by atoms with Gasteiger partial charge in [0.15, 0.2) is 6.29 Å². The average Bonchev–Trinajstić information content (AvgIpc) is 2.62. The lowest BCUT2D eigenvalue weighted by Gasteiger charge is -2.41. The molecule has 5 nitrogen and oxygen atoms in total. The molecule has 0 aromatic rings. The van der Waals surface area contributed by atoms with E-state index in [1.54, 1.807) is 0 Å². The van der Waals surface area contributed by atoms with Crippen molar-refractivity contribution in [2.75, 3.05) is 20.3 Å². The lowest BCUT2D eigenvalue weighted by atomic mass is 10.3. The molecule has 0 spiro atoms. The van der Waals surface area contributed by atoms with Crippen LogP contribution in [0.3, 0.4) is 0 Å². The lowest BCUT2D eigenvalue weighted by Crippen LogP contribution is -2.53. The zero-order chi connectivity index (χ0) is 17.3. The van der Waals surface area contributed by atoms with Gasteiger partial charge in [0.1, 0.15) is 0 Å². The topological polar surface area (TPSA) is 46.2 Å². The minimum Gasteiger partial charge on any atom is -0.417 e. The summed E-state index contributed by atoms with van der Waals surface area (Å²) in [7, 11) is -0.0827. The summed E-state index contributed by atoms with van der Waals surface area (Å²) in [6, 6.07) is 2.09. The van der Waals surface area contributed by atoms with Crippen LogP contribution in [-0.4, -0.2) is 46.6 Å². The Morgan fingerprint density at radius 2 is 1.61 bits per heavy atom. The Hall–Kier alpha value is 0.0169. The average molecular weight is 349 g/mol. The number of hydrogen-bond donors (Lipinski definition) is 0. The van der Waals surface area contributed by atoms with Gasteiger partial charge in [-0.05, 0) is 31.4 Å². The zero-order valence-corrected chi connectivity index (χ0v) is 16.9. The van der Waals surface area contributed by atoms with E-state index in [-0.39, 0.29) is 12.0 Å². The molecule has 6 heteroatoms. The first-order valence-electron chi connectivity index (χ1n) is 9.21. The van der Waals surface area contributed by atoms with Crippen molar-refractivity contribution < 1.29 is 23.4 Å². The fraction of sp³-hybridized carbons (Fsp3) is 1.00. The van der Waals surface area contributed by atoms with Crippen molar-refractivity contribution in [1.82, 2.24) is 0 Å². The van der Waals surface area contributed by atoms with Gasteiger partial charge in [0.25, 0.3) is 5.97 Å². The highest BCUT2D eigenvalue weighted by Crippen LogP contribution is 2.31. The van der Waals surface area contributed by atoms with Crippen LogP contribution in [0.2, 0.25) is 12.1 Å². The summed E-state index contributed by atoms with van der Waals surface area (Å²) < 4.78 is 30.0. The summed E-state index contributed by atoms with van der Waals surface area (Å²) in [5, 5.41) is 0. The van der Waals surface area contributed by atoms with Crippen LogP contribution in [0.4, 0.5) is 0 Å². The minimum absolute atomic E-state index is 0.116. The van der Waals surface area contributed by atoms with Crippen molar-refractivity contribution in [3.8, 4) is 0 Å². The highest BCUT2D eigenvalue weighted by molar-refractivity contribution is 6.74. The van der Waals surface area contributed by atoms with Gasteiger partial charge >= 0.3 is 0 Å². The van der Waals surface area contributed by atoms with Crippen molar-refractivity contribution in [2.45, 2.75) is 90.4 Å². The number of hydrogen-bond acceptors (Lipinski definition) is 5. The molecule has 23 heavy (non-hydrogen) atoms. The molecular weight excluding hydrogens is 312 g/mol. The molecule has 0 aromatic carbocycles. The van der Waals surface area contributed by atoms with Crippen LogP contribution in [0, 0.1) is 0 Å². The molecule has 0 radical (unpaired) electrons. The standard InChI is InChI=1S/C17H36O5Si/c1-7-15(22-17(9-3)19-13-12-14-20-17)21-16(8-2)23(10-4,11-5)18-6/h15-16H,7-14H2,1-6H3. The Bertz CT molecular complexity index is 308. The van der Waals surface area contributed by atoms with Crippen molar-refractivity contribution in [1.29, 1.82) is 0 Å². The maximum absolute atomic E-state index is 6.37. The normalized spacial score (nSPS) is 21.1. The van der Waals surface area contributed by atoms with Gasteiger partial charge in [0.2, 0.25) is 8.32 Å². The van der Waals surface area contributed by atoms with Gasteiger partial charge < -0.3 is 18.6 Å². The Kier molecular flexibility index (Phi) is 9.26. The molecule has 0 aromatic heterocycles. The van der Waals surface area contributed by atoms with E-state index in [4.69, 9.17) is 23.4 Å². The molecule has 0 saturated carbocycles. The fourth-order valence-corrected chi connectivity index (χ4v) is 6.61. The summed E-state index contributed by atoms with van der Waals surface area (Å²) >= 11 is 0. The highest BCUT2D eigenvalue weighted by Gasteiger charge is 2.43. The summed E-state index contributed by atoms with van der Waals surface area (Å²) in [5.74, 6) is -0.951. The third-order valence-corrected chi connectivity index (χ3v) is 9.81. The molecule has 1 rings (SSSR count). The number of rotatable bonds is 11. The molecule has 1 saturated heterocycles. The summed E-state index contributed by atoms with van der Waals surface area (Å²) in [5.41, 5.74) is 0.116. The van der Waals surface area contributed by atoms with Gasteiger partial charge in [-0.2, -0.15) is 0 Å². The summed E-state index contributed by atoms with van der Waals surface area (Å²) in [4.78, 5) is 0. The molecular formula is C17H36O5Si. The molecule has 2 atom stereocenters. The molecule has 0 aliphatic carbocycles. The predicted molar refractivity (Wildman–Crippen MR) is 93.6 cm³/mol. The van der Waals surface area contributed by atoms with E-state index < -0.39 is 14.3 Å². The summed E-state index contributed by atoms with van der Waals surface area (Å²) in [6.45, 7) is 12.0. The molecule has 1 aliphatic heterocycles. The van der Waals surface area contributed by atoms with E-state index in [1.807, 2.05) is 14.0 Å². The van der Waals surface area contributed by atoms with Crippen LogP contribution in [0.5, 0.6) is 0 Å². The second-order valence-corrected chi connectivity index (χ2v) is 10.6. The van der Waals surface area contributed by atoms with Gasteiger partial charge in [-0.3, -0.25) is 4.74 Å². The molecule has 0 N–H and O–H groups in total. The van der Waals surface area contributed by atoms with Crippen LogP contribution in [0.15, 0.2) is 0 Å². The van der Waals surface area contributed by atoms with E-state index in [0.29, 0.717) is 19.6 Å². The van der Waals surface area contributed by atoms with E-state index in [1.165, 1.54) is 0 Å². The fourth-order valence-electron chi connectivity index (χ4n) is 3.22. The monoisotopic (exact) mass is 348 g/mol. The van der Waals surface area contributed by atoms with Crippen LogP contribution in [0.1, 0.15) is 60.3 Å². The summed E-state index contributed by atoms with van der Waals surface area (Å²) in [6.07, 6.45) is 2.91. The Balaban J connectivity index is 2.79. The van der Waals surface area contributed by atoms with E-state index in [0.717, 1.165) is 31.4 Å². The Labute approximate surface area is 143 Å². The van der Waals surface area contributed by atoms with Crippen molar-refractivity contribution in [3.05, 3.63) is 0 Å². The molecule has 1 aliphatic rings. The lowest BCUT2D eigenvalue weighted by molar-refractivity contribution is -0.436. The van der Waals surface area contributed by atoms with E-state index in [9.17, 15) is 0 Å². The molecule has 1 heterocycles. The predicted octanol–water partition coefficient (Wildman–Crippen LogP) is 4.21. The maximum atomic E-state index is 6.37. The molecule has 138 valence electrons. The van der Waals surface area contributed by atoms with Crippen molar-refractivity contribution in [2.24, 2.45) is 0 Å². The van der Waals surface area contributed by atoms with Gasteiger partial charge in [-0.1, -0.05) is 34.6 Å². The van der Waals surface area contributed by atoms with Gasteiger partial charge in [0.05, 0.1) is 18.9 Å². The van der Waals surface area contributed by atoms with Crippen LogP contribution in [-0.2, 0) is 23.4 Å². The quantitative estimate of drug-likeness (QED) is 0.413. The Morgan fingerprint density at radius 1 is 1.00 bits per heavy atom. The number of ether oxygens (including phenoxy) is 4. The first-order valence-corrected chi connectivity index (χ1v) is 11.6. The van der Waals surface area contributed by atoms with Crippen molar-refractivity contribution in [3.63, 3.8) is 0 Å². The minimum atomic E-state index is -1.91. The largest absolute Gasteiger partial charge is 0.417 e.